The predicted molar refractivity (Wildman–Crippen MR) is 95.2 cm³/mol. The summed E-state index contributed by atoms with van der Waals surface area (Å²) >= 11 is 2.70. The molecule has 0 fully saturated rings. The van der Waals surface area contributed by atoms with Crippen molar-refractivity contribution in [2.45, 2.75) is 6.92 Å². The van der Waals surface area contributed by atoms with Crippen LogP contribution < -0.4 is 10.4 Å². The maximum Gasteiger partial charge on any atom is 0.348 e. The molecule has 0 aromatic carbocycles. The number of nitrogens with zero attached hydrogens (tertiary/aromatic N) is 4. The van der Waals surface area contributed by atoms with E-state index >= 15 is 0 Å². The summed E-state index contributed by atoms with van der Waals surface area (Å²) in [5.41, 5.74) is 0.219. The smallest absolute Gasteiger partial charge is 0.348 e. The summed E-state index contributed by atoms with van der Waals surface area (Å²) in [7, 11) is 0. The molecule has 0 N–H and O–H groups in total. The monoisotopic (exact) mass is 428 g/mol. The van der Waals surface area contributed by atoms with Crippen LogP contribution in [0.2, 0.25) is 0 Å². The highest BCUT2D eigenvalue weighted by molar-refractivity contribution is 9.10. The second-order valence-corrected chi connectivity index (χ2v) is 6.51. The van der Waals surface area contributed by atoms with Crippen molar-refractivity contribution >= 4 is 39.4 Å². The molecule has 10 heteroatoms. The highest BCUT2D eigenvalue weighted by Crippen LogP contribution is 2.28. The van der Waals surface area contributed by atoms with Gasteiger partial charge >= 0.3 is 5.69 Å². The number of ether oxygens (including phenoxy) is 1. The van der Waals surface area contributed by atoms with E-state index in [4.69, 9.17) is 4.74 Å². The van der Waals surface area contributed by atoms with Crippen LogP contribution in [-0.2, 0) is 0 Å². The maximum atomic E-state index is 13.8. The lowest BCUT2D eigenvalue weighted by Crippen LogP contribution is -2.20. The van der Waals surface area contributed by atoms with Gasteiger partial charge in [0.05, 0.1) is 4.47 Å². The zero-order valence-electron chi connectivity index (χ0n) is 12.9. The molecule has 3 rings (SSSR count). The van der Waals surface area contributed by atoms with Crippen LogP contribution in [0.5, 0.6) is 5.75 Å². The molecule has 130 valence electrons. The summed E-state index contributed by atoms with van der Waals surface area (Å²) < 4.78 is 34.7. The van der Waals surface area contributed by atoms with E-state index in [-0.39, 0.29) is 46.1 Å². The lowest BCUT2D eigenvalue weighted by atomic mass is 10.3. The number of pyridine rings is 2. The molecule has 3 aromatic heterocycles. The van der Waals surface area contributed by atoms with Gasteiger partial charge in [0.2, 0.25) is 5.95 Å². The SMILES string of the molecule is C=C(C)COc1ccnc2c1n(-c1ccc(Br)c(F)n1)c(=O)n2SF. The lowest BCUT2D eigenvalue weighted by Gasteiger charge is -2.09. The second-order valence-electron chi connectivity index (χ2n) is 5.15. The largest absolute Gasteiger partial charge is 0.487 e. The van der Waals surface area contributed by atoms with E-state index in [0.29, 0.717) is 0 Å². The molecular formula is C15H11BrF2N4O2S. The zero-order chi connectivity index (χ0) is 18.1. The molecule has 0 aliphatic heterocycles. The maximum absolute atomic E-state index is 13.8. The average Bonchev–Trinajstić information content (AvgIpc) is 2.87. The van der Waals surface area contributed by atoms with Gasteiger partial charge in [-0.05, 0) is 40.6 Å². The minimum atomic E-state index is -0.800. The van der Waals surface area contributed by atoms with Gasteiger partial charge in [0.15, 0.2) is 18.0 Å². The van der Waals surface area contributed by atoms with Crippen LogP contribution in [0.1, 0.15) is 6.92 Å². The van der Waals surface area contributed by atoms with E-state index < -0.39 is 11.6 Å². The molecule has 3 heterocycles. The second kappa shape index (κ2) is 6.96. The highest BCUT2D eigenvalue weighted by atomic mass is 79.9. The molecule has 6 nitrogen and oxygen atoms in total. The molecule has 0 bridgehead atoms. The molecule has 0 unspecified atom stereocenters. The van der Waals surface area contributed by atoms with E-state index in [0.717, 1.165) is 14.1 Å². The van der Waals surface area contributed by atoms with Crippen LogP contribution in [0.4, 0.5) is 8.28 Å². The van der Waals surface area contributed by atoms with Crippen molar-refractivity contribution in [1.29, 1.82) is 0 Å². The first-order chi connectivity index (χ1) is 11.9. The molecular weight excluding hydrogens is 418 g/mol. The molecule has 0 aliphatic carbocycles. The minimum absolute atomic E-state index is 0.0170. The van der Waals surface area contributed by atoms with Crippen molar-refractivity contribution in [3.05, 3.63) is 57.5 Å². The molecule has 0 amide bonds. The Labute approximate surface area is 153 Å². The van der Waals surface area contributed by atoms with Gasteiger partial charge in [0, 0.05) is 12.3 Å². The summed E-state index contributed by atoms with van der Waals surface area (Å²) in [6.45, 7) is 5.72. The number of hydrogen-bond acceptors (Lipinski definition) is 5. The Hall–Kier alpha value is -2.20. The molecule has 0 atom stereocenters. The van der Waals surface area contributed by atoms with E-state index in [1.54, 1.807) is 6.92 Å². The summed E-state index contributed by atoms with van der Waals surface area (Å²) in [6.07, 6.45) is 1.39. The zero-order valence-corrected chi connectivity index (χ0v) is 15.3. The van der Waals surface area contributed by atoms with Gasteiger partial charge in [-0.2, -0.15) is 8.36 Å². The lowest BCUT2D eigenvalue weighted by molar-refractivity contribution is 0.355. The van der Waals surface area contributed by atoms with Crippen molar-refractivity contribution in [1.82, 2.24) is 18.5 Å². The van der Waals surface area contributed by atoms with Crippen LogP contribution in [0.3, 0.4) is 0 Å². The van der Waals surface area contributed by atoms with Gasteiger partial charge in [-0.1, -0.05) is 6.58 Å². The van der Waals surface area contributed by atoms with E-state index in [9.17, 15) is 13.1 Å². The summed E-state index contributed by atoms with van der Waals surface area (Å²) in [5.74, 6) is -0.536. The molecule has 25 heavy (non-hydrogen) atoms. The summed E-state index contributed by atoms with van der Waals surface area (Å²) in [4.78, 5) is 20.4. The normalized spacial score (nSPS) is 11.0. The Balaban J connectivity index is 2.32. The molecule has 0 saturated heterocycles. The highest BCUT2D eigenvalue weighted by Gasteiger charge is 2.22. The quantitative estimate of drug-likeness (QED) is 0.456. The van der Waals surface area contributed by atoms with Crippen molar-refractivity contribution in [3.63, 3.8) is 0 Å². The first-order valence-electron chi connectivity index (χ1n) is 6.95. The van der Waals surface area contributed by atoms with Crippen molar-refractivity contribution in [2.24, 2.45) is 0 Å². The van der Waals surface area contributed by atoms with Crippen molar-refractivity contribution in [2.75, 3.05) is 6.61 Å². The Morgan fingerprint density at radius 2 is 2.20 bits per heavy atom. The number of hydrogen-bond donors (Lipinski definition) is 0. The predicted octanol–water partition coefficient (Wildman–Crippen LogP) is 3.82. The number of fused-ring (bicyclic) bond motifs is 1. The van der Waals surface area contributed by atoms with Gasteiger partial charge in [-0.25, -0.2) is 19.3 Å². The third-order valence-electron chi connectivity index (χ3n) is 3.21. The number of halogens is 3. The van der Waals surface area contributed by atoms with E-state index in [1.807, 2.05) is 0 Å². The van der Waals surface area contributed by atoms with Crippen LogP contribution in [-0.4, -0.2) is 25.1 Å². The fourth-order valence-corrected chi connectivity index (χ4v) is 2.75. The number of imidazole rings is 1. The van der Waals surface area contributed by atoms with E-state index in [1.165, 1.54) is 24.4 Å². The summed E-state index contributed by atoms with van der Waals surface area (Å²) in [6, 6.07) is 4.36. The molecule has 0 saturated carbocycles. The van der Waals surface area contributed by atoms with Crippen LogP contribution >= 0.6 is 28.3 Å². The topological polar surface area (TPSA) is 61.9 Å². The fraction of sp³-hybridized carbons (Fsp3) is 0.133. The van der Waals surface area contributed by atoms with Crippen LogP contribution in [0.15, 0.2) is 45.8 Å². The first-order valence-corrected chi connectivity index (χ1v) is 8.42. The van der Waals surface area contributed by atoms with Crippen molar-refractivity contribution in [3.8, 4) is 11.6 Å². The van der Waals surface area contributed by atoms with Gasteiger partial charge in [0.25, 0.3) is 0 Å². The number of aromatic nitrogens is 4. The Morgan fingerprint density at radius 1 is 1.44 bits per heavy atom. The van der Waals surface area contributed by atoms with Gasteiger partial charge in [-0.3, -0.25) is 0 Å². The third kappa shape index (κ3) is 3.19. The first kappa shape index (κ1) is 17.6. The standard InChI is InChI=1S/C15H11BrF2N4O2S/c1-8(2)7-24-10-5-6-19-14-12(10)21(15(23)22(14)25-18)11-4-3-9(16)13(17)20-11/h3-6H,1,7H2,2H3. The number of rotatable bonds is 5. The molecule has 3 aromatic rings. The Bertz CT molecular complexity index is 1030. The summed E-state index contributed by atoms with van der Waals surface area (Å²) in [5, 5.41) is 0. The van der Waals surface area contributed by atoms with Crippen molar-refractivity contribution < 1.29 is 13.0 Å². The van der Waals surface area contributed by atoms with Gasteiger partial charge in [-0.15, -0.1) is 3.89 Å². The Kier molecular flexibility index (Phi) is 4.91. The van der Waals surface area contributed by atoms with Gasteiger partial charge in [0.1, 0.15) is 23.7 Å². The van der Waals surface area contributed by atoms with Gasteiger partial charge < -0.3 is 4.74 Å². The molecule has 0 spiro atoms. The van der Waals surface area contributed by atoms with E-state index in [2.05, 4.69) is 32.5 Å². The van der Waals surface area contributed by atoms with Crippen LogP contribution in [0.25, 0.3) is 17.0 Å². The third-order valence-corrected chi connectivity index (χ3v) is 4.27. The Morgan fingerprint density at radius 3 is 2.84 bits per heavy atom. The fourth-order valence-electron chi connectivity index (χ4n) is 2.19. The average molecular weight is 429 g/mol. The minimum Gasteiger partial charge on any atom is -0.487 e. The van der Waals surface area contributed by atoms with Crippen LogP contribution in [0, 0.1) is 5.95 Å². The molecule has 0 radical (unpaired) electrons. The molecule has 0 aliphatic rings.